The first-order chi connectivity index (χ1) is 5.84. The Bertz CT molecular complexity index is 276. The van der Waals surface area contributed by atoms with Gasteiger partial charge in [0.1, 0.15) is 5.15 Å². The second-order valence-electron chi connectivity index (χ2n) is 2.75. The van der Waals surface area contributed by atoms with Crippen molar-refractivity contribution in [1.29, 1.82) is 0 Å². The van der Waals surface area contributed by atoms with Crippen molar-refractivity contribution in [2.45, 2.75) is 6.04 Å². The zero-order chi connectivity index (χ0) is 8.39. The van der Waals surface area contributed by atoms with Crippen LogP contribution in [0.15, 0.2) is 18.3 Å². The van der Waals surface area contributed by atoms with Gasteiger partial charge in [0.2, 0.25) is 0 Å². The van der Waals surface area contributed by atoms with E-state index in [2.05, 4.69) is 10.3 Å². The molecule has 0 aromatic carbocycles. The van der Waals surface area contributed by atoms with Crippen molar-refractivity contribution in [2.75, 3.05) is 18.5 Å². The first-order valence-electron chi connectivity index (χ1n) is 3.80. The number of hydrogen-bond acceptors (Lipinski definition) is 3. The van der Waals surface area contributed by atoms with E-state index in [0.29, 0.717) is 11.2 Å². The zero-order valence-electron chi connectivity index (χ0n) is 6.46. The highest BCUT2D eigenvalue weighted by atomic mass is 35.5. The van der Waals surface area contributed by atoms with E-state index in [-0.39, 0.29) is 0 Å². The summed E-state index contributed by atoms with van der Waals surface area (Å²) in [4.78, 5) is 3.89. The van der Waals surface area contributed by atoms with Gasteiger partial charge in [-0.2, -0.15) is 0 Å². The fourth-order valence-electron chi connectivity index (χ4n) is 1.05. The second-order valence-corrected chi connectivity index (χ2v) is 3.13. The normalized spacial score (nSPS) is 17.1. The third-order valence-corrected chi connectivity index (χ3v) is 1.94. The molecule has 0 aliphatic carbocycles. The van der Waals surface area contributed by atoms with Gasteiger partial charge in [0.15, 0.2) is 0 Å². The molecule has 3 nitrogen and oxygen atoms in total. The number of anilines is 1. The van der Waals surface area contributed by atoms with Gasteiger partial charge in [0, 0.05) is 11.9 Å². The maximum absolute atomic E-state index is 5.71. The summed E-state index contributed by atoms with van der Waals surface area (Å²) >= 11 is 5.71. The Morgan fingerprint density at radius 3 is 3.00 bits per heavy atom. The van der Waals surface area contributed by atoms with E-state index >= 15 is 0 Å². The van der Waals surface area contributed by atoms with Crippen molar-refractivity contribution in [3.8, 4) is 0 Å². The number of pyridine rings is 1. The highest BCUT2D eigenvalue weighted by Gasteiger charge is 2.17. The Kier molecular flexibility index (Phi) is 2.15. The minimum Gasteiger partial charge on any atom is -0.378 e. The second kappa shape index (κ2) is 3.29. The minimum atomic E-state index is 0.434. The first kappa shape index (κ1) is 7.83. The van der Waals surface area contributed by atoms with Crippen molar-refractivity contribution in [2.24, 2.45) is 0 Å². The van der Waals surface area contributed by atoms with Gasteiger partial charge in [-0.3, -0.25) is 0 Å². The molecular weight excluding hydrogens is 176 g/mol. The fraction of sp³-hybridized carbons (Fsp3) is 0.375. The molecule has 1 aromatic rings. The smallest absolute Gasteiger partial charge is 0.131 e. The van der Waals surface area contributed by atoms with Crippen molar-refractivity contribution in [3.05, 3.63) is 23.5 Å². The molecule has 0 unspecified atom stereocenters. The summed E-state index contributed by atoms with van der Waals surface area (Å²) in [5.41, 5.74) is 1.00. The Labute approximate surface area is 75.7 Å². The molecular formula is C8H9ClN2O. The SMILES string of the molecule is Clc1cc(NC2COC2)ccn1. The molecule has 2 rings (SSSR count). The van der Waals surface area contributed by atoms with E-state index in [1.54, 1.807) is 12.3 Å². The number of nitrogens with zero attached hydrogens (tertiary/aromatic N) is 1. The van der Waals surface area contributed by atoms with Gasteiger partial charge in [0.25, 0.3) is 0 Å². The Balaban J connectivity index is 2.02. The van der Waals surface area contributed by atoms with E-state index in [0.717, 1.165) is 18.9 Å². The molecule has 64 valence electrons. The quantitative estimate of drug-likeness (QED) is 0.709. The Morgan fingerprint density at radius 1 is 1.58 bits per heavy atom. The van der Waals surface area contributed by atoms with Crippen molar-refractivity contribution in [1.82, 2.24) is 4.98 Å². The molecule has 0 atom stereocenters. The lowest BCUT2D eigenvalue weighted by atomic mass is 10.2. The molecule has 1 aliphatic rings. The lowest BCUT2D eigenvalue weighted by molar-refractivity contribution is 0.0211. The number of ether oxygens (including phenoxy) is 1. The highest BCUT2D eigenvalue weighted by Crippen LogP contribution is 2.15. The number of hydrogen-bond donors (Lipinski definition) is 1. The van der Waals surface area contributed by atoms with Gasteiger partial charge in [-0.05, 0) is 12.1 Å². The number of rotatable bonds is 2. The Hall–Kier alpha value is -0.800. The summed E-state index contributed by atoms with van der Waals surface area (Å²) in [5.74, 6) is 0. The number of aromatic nitrogens is 1. The van der Waals surface area contributed by atoms with Crippen LogP contribution in [0.2, 0.25) is 5.15 Å². The van der Waals surface area contributed by atoms with Crippen LogP contribution >= 0.6 is 11.6 Å². The lowest BCUT2D eigenvalue weighted by Crippen LogP contribution is -2.40. The average Bonchev–Trinajstić information content (AvgIpc) is 1.97. The van der Waals surface area contributed by atoms with Crippen LogP contribution in [-0.4, -0.2) is 24.2 Å². The molecule has 1 aromatic heterocycles. The van der Waals surface area contributed by atoms with Crippen LogP contribution in [0.4, 0.5) is 5.69 Å². The molecule has 1 N–H and O–H groups in total. The third-order valence-electron chi connectivity index (χ3n) is 1.74. The summed E-state index contributed by atoms with van der Waals surface area (Å²) in [7, 11) is 0. The zero-order valence-corrected chi connectivity index (χ0v) is 7.21. The largest absolute Gasteiger partial charge is 0.378 e. The van der Waals surface area contributed by atoms with Gasteiger partial charge in [-0.1, -0.05) is 11.6 Å². The van der Waals surface area contributed by atoms with Gasteiger partial charge in [0.05, 0.1) is 19.3 Å². The molecule has 1 saturated heterocycles. The van der Waals surface area contributed by atoms with Gasteiger partial charge < -0.3 is 10.1 Å². The molecule has 4 heteroatoms. The molecule has 12 heavy (non-hydrogen) atoms. The van der Waals surface area contributed by atoms with Gasteiger partial charge in [-0.15, -0.1) is 0 Å². The molecule has 0 radical (unpaired) electrons. The summed E-state index contributed by atoms with van der Waals surface area (Å²) in [6.45, 7) is 1.56. The monoisotopic (exact) mass is 184 g/mol. The molecule has 0 amide bonds. The number of halogens is 1. The van der Waals surface area contributed by atoms with Crippen molar-refractivity contribution < 1.29 is 4.74 Å². The highest BCUT2D eigenvalue weighted by molar-refractivity contribution is 6.29. The van der Waals surface area contributed by atoms with E-state index in [1.807, 2.05) is 6.07 Å². The van der Waals surface area contributed by atoms with Gasteiger partial charge in [-0.25, -0.2) is 4.98 Å². The molecule has 0 spiro atoms. The van der Waals surface area contributed by atoms with E-state index < -0.39 is 0 Å². The van der Waals surface area contributed by atoms with E-state index in [4.69, 9.17) is 16.3 Å². The maximum atomic E-state index is 5.71. The molecule has 1 fully saturated rings. The summed E-state index contributed by atoms with van der Waals surface area (Å²) in [5, 5.41) is 3.78. The molecule has 0 saturated carbocycles. The molecule has 1 aliphatic heterocycles. The van der Waals surface area contributed by atoms with Crippen LogP contribution in [-0.2, 0) is 4.74 Å². The predicted molar refractivity (Wildman–Crippen MR) is 47.5 cm³/mol. The standard InChI is InChI=1S/C8H9ClN2O/c9-8-3-6(1-2-10-8)11-7-4-12-5-7/h1-3,7H,4-5H2,(H,10,11). The van der Waals surface area contributed by atoms with Crippen LogP contribution in [0.1, 0.15) is 0 Å². The Morgan fingerprint density at radius 2 is 2.42 bits per heavy atom. The average molecular weight is 185 g/mol. The van der Waals surface area contributed by atoms with Crippen molar-refractivity contribution in [3.63, 3.8) is 0 Å². The first-order valence-corrected chi connectivity index (χ1v) is 4.18. The van der Waals surface area contributed by atoms with Crippen LogP contribution in [0, 0.1) is 0 Å². The number of nitrogens with one attached hydrogen (secondary N) is 1. The summed E-state index contributed by atoms with van der Waals surface area (Å²) in [6, 6.07) is 4.13. The summed E-state index contributed by atoms with van der Waals surface area (Å²) < 4.78 is 5.03. The fourth-order valence-corrected chi connectivity index (χ4v) is 1.22. The minimum absolute atomic E-state index is 0.434. The van der Waals surface area contributed by atoms with Crippen LogP contribution in [0.3, 0.4) is 0 Å². The predicted octanol–water partition coefficient (Wildman–Crippen LogP) is 1.55. The van der Waals surface area contributed by atoms with Crippen molar-refractivity contribution >= 4 is 17.3 Å². The van der Waals surface area contributed by atoms with Gasteiger partial charge >= 0.3 is 0 Å². The van der Waals surface area contributed by atoms with E-state index in [9.17, 15) is 0 Å². The van der Waals surface area contributed by atoms with Crippen LogP contribution < -0.4 is 5.32 Å². The maximum Gasteiger partial charge on any atom is 0.131 e. The van der Waals surface area contributed by atoms with Crippen LogP contribution in [0.5, 0.6) is 0 Å². The molecule has 2 heterocycles. The summed E-state index contributed by atoms with van der Waals surface area (Å²) in [6.07, 6.45) is 1.68. The van der Waals surface area contributed by atoms with Crippen LogP contribution in [0.25, 0.3) is 0 Å². The topological polar surface area (TPSA) is 34.1 Å². The third kappa shape index (κ3) is 1.68. The van der Waals surface area contributed by atoms with E-state index in [1.165, 1.54) is 0 Å². The molecule has 0 bridgehead atoms. The lowest BCUT2D eigenvalue weighted by Gasteiger charge is -2.27.